The summed E-state index contributed by atoms with van der Waals surface area (Å²) in [7, 11) is -4.34. The summed E-state index contributed by atoms with van der Waals surface area (Å²) in [5.74, 6) is 0.910. The lowest BCUT2D eigenvalue weighted by molar-refractivity contribution is -0.175. The Balaban J connectivity index is 0. The maximum Gasteiger partial charge on any atom is 0.673 e. The number of hydrogen-bond donors (Lipinski definition) is 1. The molecule has 0 atom stereocenters. The molecule has 0 aliphatic carbocycles. The molecule has 0 spiro atoms. The minimum atomic E-state index is -6.00. The van der Waals surface area contributed by atoms with E-state index in [2.05, 4.69) is 0 Å². The molecule has 0 amide bonds. The maximum atomic E-state index is 9.75. The largest absolute Gasteiger partial charge is 0.673 e. The van der Waals surface area contributed by atoms with E-state index in [4.69, 9.17) is 15.5 Å². The highest BCUT2D eigenvalue weighted by Crippen LogP contribution is 2.06. The number of diazo groups is 1. The van der Waals surface area contributed by atoms with Crippen molar-refractivity contribution in [1.82, 2.24) is 0 Å². The Bertz CT molecular complexity index is 259. The molecule has 15 heavy (non-hydrogen) atoms. The fourth-order valence-electron chi connectivity index (χ4n) is 0.557. The Morgan fingerprint density at radius 3 is 1.60 bits per heavy atom. The van der Waals surface area contributed by atoms with E-state index in [9.17, 15) is 17.3 Å². The lowest BCUT2D eigenvalue weighted by atomic mass is 10.3. The second kappa shape index (κ2) is 8.81. The van der Waals surface area contributed by atoms with E-state index in [1.54, 1.807) is 7.11 Å². The third kappa shape index (κ3) is 18.9. The topological polar surface area (TPSA) is 56.8 Å². The number of methoxy groups -OCH3 is 1. The van der Waals surface area contributed by atoms with Gasteiger partial charge >= 0.3 is 7.25 Å². The van der Waals surface area contributed by atoms with Crippen LogP contribution in [0.5, 0.6) is 5.75 Å². The van der Waals surface area contributed by atoms with Gasteiger partial charge < -0.3 is 22.0 Å². The second-order valence-corrected chi connectivity index (χ2v) is 2.01. The Labute approximate surface area is 84.2 Å². The molecule has 0 unspecified atom stereocenters. The molecule has 0 aromatic heterocycles. The zero-order valence-electron chi connectivity index (χ0n) is 7.83. The van der Waals surface area contributed by atoms with Crippen molar-refractivity contribution in [3.63, 3.8) is 0 Å². The molecule has 0 fully saturated rings. The number of ether oxygens (including phenoxy) is 1. The molecular formula is C7H9BF4N2O. The van der Waals surface area contributed by atoms with Crippen LogP contribution < -0.4 is 10.1 Å². The number of benzene rings is 1. The normalized spacial score (nSPS) is 8.73. The molecule has 0 heterocycles. The van der Waals surface area contributed by atoms with E-state index in [0.717, 1.165) is 5.75 Å². The van der Waals surface area contributed by atoms with Crippen LogP contribution in [0.15, 0.2) is 30.3 Å². The van der Waals surface area contributed by atoms with E-state index >= 15 is 0 Å². The molecular weight excluding hydrogens is 215 g/mol. The highest BCUT2D eigenvalue weighted by molar-refractivity contribution is 6.50. The van der Waals surface area contributed by atoms with Gasteiger partial charge in [0.1, 0.15) is 5.75 Å². The SMILES string of the molecule is COc1ccccc1.F[B-](F)(F)F.N#[NH+]. The van der Waals surface area contributed by atoms with Gasteiger partial charge in [0.25, 0.3) is 0 Å². The van der Waals surface area contributed by atoms with Crippen molar-refractivity contribution < 1.29 is 27.4 Å². The van der Waals surface area contributed by atoms with Crippen LogP contribution in [0.4, 0.5) is 17.3 Å². The summed E-state index contributed by atoms with van der Waals surface area (Å²) >= 11 is 0. The van der Waals surface area contributed by atoms with Crippen LogP contribution in [0.2, 0.25) is 0 Å². The number of nitrogens with zero attached hydrogens (tertiary/aromatic N) is 1. The summed E-state index contributed by atoms with van der Waals surface area (Å²) in [4.78, 5) is 0. The van der Waals surface area contributed by atoms with E-state index in [1.807, 2.05) is 30.3 Å². The maximum absolute atomic E-state index is 9.75. The van der Waals surface area contributed by atoms with Crippen molar-refractivity contribution in [2.45, 2.75) is 0 Å². The Morgan fingerprint density at radius 2 is 1.40 bits per heavy atom. The summed E-state index contributed by atoms with van der Waals surface area (Å²) in [6.45, 7) is 0. The second-order valence-electron chi connectivity index (χ2n) is 2.01. The lowest BCUT2D eigenvalue weighted by Crippen LogP contribution is -2.11. The highest BCUT2D eigenvalue weighted by atomic mass is 19.5. The van der Waals surface area contributed by atoms with Gasteiger partial charge in [0.15, 0.2) is 0 Å². The first-order valence-corrected chi connectivity index (χ1v) is 3.62. The zero-order valence-corrected chi connectivity index (χ0v) is 7.83. The standard InChI is InChI=1S/C7H8O.BF4.N2/c1-8-7-5-3-2-4-6-7;2-1(3,4)5;1-2/h2-6H,1H3;;/q;-1;/p+1. The Hall–Kier alpha value is -1.78. The first-order chi connectivity index (χ1) is 6.93. The summed E-state index contributed by atoms with van der Waals surface area (Å²) in [6, 6.07) is 9.68. The van der Waals surface area contributed by atoms with Gasteiger partial charge in [-0.3, -0.25) is 0 Å². The fourth-order valence-corrected chi connectivity index (χ4v) is 0.557. The van der Waals surface area contributed by atoms with Crippen LogP contribution in [0, 0.1) is 5.39 Å². The molecule has 0 saturated carbocycles. The van der Waals surface area contributed by atoms with E-state index in [-0.39, 0.29) is 0 Å². The van der Waals surface area contributed by atoms with Crippen molar-refractivity contribution in [2.75, 3.05) is 7.11 Å². The molecule has 3 nitrogen and oxygen atoms in total. The quantitative estimate of drug-likeness (QED) is 0.443. The average Bonchev–Trinajstić information content (AvgIpc) is 2.20. The molecule has 0 bridgehead atoms. The van der Waals surface area contributed by atoms with Crippen LogP contribution in [0.3, 0.4) is 0 Å². The number of halogens is 4. The molecule has 1 N–H and O–H groups in total. The minimum Gasteiger partial charge on any atom is -0.497 e. The van der Waals surface area contributed by atoms with Gasteiger partial charge in [0.2, 0.25) is 5.39 Å². The van der Waals surface area contributed by atoms with Crippen LogP contribution in [0.1, 0.15) is 0 Å². The first kappa shape index (κ1) is 15.7. The molecule has 0 radical (unpaired) electrons. The summed E-state index contributed by atoms with van der Waals surface area (Å²) in [5.41, 5.74) is 0. The number of rotatable bonds is 1. The van der Waals surface area contributed by atoms with Gasteiger partial charge in [-0.1, -0.05) is 18.2 Å². The van der Waals surface area contributed by atoms with Crippen molar-refractivity contribution in [2.24, 2.45) is 0 Å². The first-order valence-electron chi connectivity index (χ1n) is 3.62. The van der Waals surface area contributed by atoms with Crippen molar-refractivity contribution >= 4 is 7.25 Å². The van der Waals surface area contributed by atoms with Crippen molar-refractivity contribution in [3.8, 4) is 5.75 Å². The van der Waals surface area contributed by atoms with E-state index in [1.165, 1.54) is 0 Å². The van der Waals surface area contributed by atoms with Gasteiger partial charge in [-0.2, -0.15) is 0 Å². The molecule has 1 rings (SSSR count). The summed E-state index contributed by atoms with van der Waals surface area (Å²) < 4.78 is 43.9. The number of para-hydroxylation sites is 1. The van der Waals surface area contributed by atoms with Crippen molar-refractivity contribution in [1.29, 1.82) is 5.39 Å². The van der Waals surface area contributed by atoms with Crippen LogP contribution >= 0.6 is 0 Å². The van der Waals surface area contributed by atoms with Crippen LogP contribution in [-0.4, -0.2) is 14.4 Å². The molecule has 8 heteroatoms. The van der Waals surface area contributed by atoms with Gasteiger partial charge in [-0.25, -0.2) is 0 Å². The Kier molecular flexibility index (Phi) is 9.21. The smallest absolute Gasteiger partial charge is 0.497 e. The summed E-state index contributed by atoms with van der Waals surface area (Å²) in [5, 5.41) is 11.0. The molecule has 84 valence electrons. The van der Waals surface area contributed by atoms with E-state index < -0.39 is 7.25 Å². The minimum absolute atomic E-state index is 0.910. The number of hydrogen-bond acceptors (Lipinski definition) is 2. The molecule has 0 aliphatic rings. The van der Waals surface area contributed by atoms with Crippen LogP contribution in [-0.2, 0) is 0 Å². The third-order valence-electron chi connectivity index (χ3n) is 0.979. The van der Waals surface area contributed by atoms with E-state index in [0.29, 0.717) is 0 Å². The molecule has 1 aromatic rings. The molecule has 1 aromatic carbocycles. The van der Waals surface area contributed by atoms with Gasteiger partial charge in [-0.15, -0.1) is 0 Å². The zero-order chi connectivity index (χ0) is 12.3. The predicted octanol–water partition coefficient (Wildman–Crippen LogP) is 1.27. The van der Waals surface area contributed by atoms with Gasteiger partial charge in [-0.05, 0) is 12.1 Å². The summed E-state index contributed by atoms with van der Waals surface area (Å²) in [6.07, 6.45) is 0. The monoisotopic (exact) mass is 224 g/mol. The number of nitrogens with one attached hydrogen (secondary N) is 1. The third-order valence-corrected chi connectivity index (χ3v) is 0.979. The van der Waals surface area contributed by atoms with Gasteiger partial charge in [0.05, 0.1) is 12.5 Å². The highest BCUT2D eigenvalue weighted by Gasteiger charge is 2.20. The molecule has 0 saturated heterocycles. The Morgan fingerprint density at radius 1 is 1.07 bits per heavy atom. The predicted molar refractivity (Wildman–Crippen MR) is 45.9 cm³/mol. The average molecular weight is 224 g/mol. The van der Waals surface area contributed by atoms with Crippen molar-refractivity contribution in [3.05, 3.63) is 30.3 Å². The van der Waals surface area contributed by atoms with Gasteiger partial charge in [0, 0.05) is 0 Å². The van der Waals surface area contributed by atoms with Crippen LogP contribution in [0.25, 0.3) is 0 Å². The molecule has 0 aliphatic heterocycles. The fraction of sp³-hybridized carbons (Fsp3) is 0.143. The lowest BCUT2D eigenvalue weighted by Gasteiger charge is -1.94.